The van der Waals surface area contributed by atoms with Gasteiger partial charge in [0, 0.05) is 45.0 Å². The van der Waals surface area contributed by atoms with Crippen molar-refractivity contribution in [3.8, 4) is 5.75 Å². The number of pyridine rings is 1. The van der Waals surface area contributed by atoms with E-state index in [1.807, 2.05) is 37.5 Å². The molecule has 30 heavy (non-hydrogen) atoms. The van der Waals surface area contributed by atoms with Gasteiger partial charge in [-0.25, -0.2) is 0 Å². The molecule has 0 saturated carbocycles. The van der Waals surface area contributed by atoms with Gasteiger partial charge >= 0.3 is 0 Å². The van der Waals surface area contributed by atoms with E-state index in [1.165, 1.54) is 18.4 Å². The van der Waals surface area contributed by atoms with Gasteiger partial charge in [0.2, 0.25) is 0 Å². The first-order valence-corrected chi connectivity index (χ1v) is 10.5. The van der Waals surface area contributed by atoms with Gasteiger partial charge in [0.05, 0.1) is 7.11 Å². The summed E-state index contributed by atoms with van der Waals surface area (Å²) in [4.78, 5) is 11.2. The first-order chi connectivity index (χ1) is 14.3. The first kappa shape index (κ1) is 24.4. The van der Waals surface area contributed by atoms with E-state index in [-0.39, 0.29) is 24.0 Å². The maximum absolute atomic E-state index is 5.24. The van der Waals surface area contributed by atoms with E-state index in [0.29, 0.717) is 5.92 Å². The molecule has 1 aliphatic rings. The molecule has 0 aliphatic carbocycles. The predicted molar refractivity (Wildman–Crippen MR) is 134 cm³/mol. The molecule has 0 atom stereocenters. The monoisotopic (exact) mass is 523 g/mol. The van der Waals surface area contributed by atoms with Gasteiger partial charge in [0.15, 0.2) is 5.96 Å². The van der Waals surface area contributed by atoms with Gasteiger partial charge in [-0.15, -0.1) is 24.0 Å². The lowest BCUT2D eigenvalue weighted by Crippen LogP contribution is -2.43. The molecule has 1 aliphatic heterocycles. The van der Waals surface area contributed by atoms with Crippen LogP contribution in [0.4, 0.5) is 0 Å². The maximum Gasteiger partial charge on any atom is 0.190 e. The van der Waals surface area contributed by atoms with Crippen LogP contribution in [0.5, 0.6) is 5.75 Å². The largest absolute Gasteiger partial charge is 0.497 e. The molecule has 1 saturated heterocycles. The zero-order valence-electron chi connectivity index (χ0n) is 18.0. The summed E-state index contributed by atoms with van der Waals surface area (Å²) in [6.07, 6.45) is 5.16. The summed E-state index contributed by atoms with van der Waals surface area (Å²) in [5.74, 6) is 2.48. The molecule has 0 spiro atoms. The Kier molecular flexibility index (Phi) is 10.9. The lowest BCUT2D eigenvalue weighted by molar-refractivity contribution is 0.178. The molecule has 0 bridgehead atoms. The third-order valence-electron chi connectivity index (χ3n) is 5.45. The molecule has 2 aromatic rings. The molecule has 0 amide bonds. The molecule has 0 unspecified atom stereocenters. The van der Waals surface area contributed by atoms with Gasteiger partial charge in [-0.1, -0.05) is 18.2 Å². The summed E-state index contributed by atoms with van der Waals surface area (Å²) in [7, 11) is 3.53. The Morgan fingerprint density at radius 3 is 2.53 bits per heavy atom. The van der Waals surface area contributed by atoms with E-state index in [0.717, 1.165) is 56.5 Å². The molecule has 3 rings (SSSR count). The Morgan fingerprint density at radius 2 is 1.90 bits per heavy atom. The number of benzene rings is 1. The number of rotatable bonds is 8. The number of methoxy groups -OCH3 is 1. The van der Waals surface area contributed by atoms with Crippen molar-refractivity contribution in [3.63, 3.8) is 0 Å². The number of halogens is 1. The van der Waals surface area contributed by atoms with Crippen LogP contribution in [0.1, 0.15) is 24.1 Å². The summed E-state index contributed by atoms with van der Waals surface area (Å²) in [5, 5.41) is 6.88. The Hall–Kier alpha value is -1.87. The number of aliphatic imine (C=N–C) groups is 1. The summed E-state index contributed by atoms with van der Waals surface area (Å²) >= 11 is 0. The average molecular weight is 523 g/mol. The molecule has 7 heteroatoms. The van der Waals surface area contributed by atoms with Gasteiger partial charge < -0.3 is 15.4 Å². The Morgan fingerprint density at radius 1 is 1.13 bits per heavy atom. The normalized spacial score (nSPS) is 15.3. The van der Waals surface area contributed by atoms with Crippen molar-refractivity contribution < 1.29 is 4.74 Å². The fourth-order valence-electron chi connectivity index (χ4n) is 3.65. The van der Waals surface area contributed by atoms with Gasteiger partial charge in [0.25, 0.3) is 0 Å². The third kappa shape index (κ3) is 8.10. The van der Waals surface area contributed by atoms with Crippen molar-refractivity contribution in [1.29, 1.82) is 0 Å². The molecule has 1 aromatic heterocycles. The molecule has 6 nitrogen and oxygen atoms in total. The number of hydrogen-bond acceptors (Lipinski definition) is 4. The number of ether oxygens (including phenoxy) is 1. The number of guanidine groups is 1. The molecule has 164 valence electrons. The van der Waals surface area contributed by atoms with Crippen LogP contribution in [-0.4, -0.2) is 56.2 Å². The smallest absolute Gasteiger partial charge is 0.190 e. The average Bonchev–Trinajstić information content (AvgIpc) is 2.78. The fraction of sp³-hybridized carbons (Fsp3) is 0.478. The number of nitrogens with one attached hydrogen (secondary N) is 2. The van der Waals surface area contributed by atoms with Crippen molar-refractivity contribution in [1.82, 2.24) is 20.5 Å². The van der Waals surface area contributed by atoms with Gasteiger partial charge in [-0.3, -0.25) is 14.9 Å². The highest BCUT2D eigenvalue weighted by atomic mass is 127. The van der Waals surface area contributed by atoms with Crippen LogP contribution in [-0.2, 0) is 13.0 Å². The minimum Gasteiger partial charge on any atom is -0.497 e. The van der Waals surface area contributed by atoms with Crippen LogP contribution < -0.4 is 15.4 Å². The second-order valence-electron chi connectivity index (χ2n) is 7.52. The maximum atomic E-state index is 5.24. The van der Waals surface area contributed by atoms with Crippen LogP contribution in [0.25, 0.3) is 0 Å². The topological polar surface area (TPSA) is 61.8 Å². The lowest BCUT2D eigenvalue weighted by Gasteiger charge is -2.32. The Balaban J connectivity index is 0.00000320. The molecule has 2 heterocycles. The van der Waals surface area contributed by atoms with Crippen molar-refractivity contribution in [2.45, 2.75) is 25.8 Å². The predicted octanol–water partition coefficient (Wildman–Crippen LogP) is 3.33. The molecule has 1 aromatic carbocycles. The molecular formula is C23H34IN5O. The molecular weight excluding hydrogens is 489 g/mol. The van der Waals surface area contributed by atoms with Crippen molar-refractivity contribution in [3.05, 3.63) is 59.9 Å². The number of likely N-dealkylation sites (tertiary alicyclic amines) is 1. The molecule has 1 fully saturated rings. The van der Waals surface area contributed by atoms with E-state index in [4.69, 9.17) is 4.74 Å². The highest BCUT2D eigenvalue weighted by Gasteiger charge is 2.19. The highest BCUT2D eigenvalue weighted by Crippen LogP contribution is 2.19. The number of aromatic nitrogens is 1. The Bertz CT molecular complexity index is 746. The standard InChI is InChI=1S/C23H33N5O.HI/c1-24-23(26-14-10-21-5-3-4-13-25-21)27-17-19-11-15-28(16-12-19)18-20-6-8-22(29-2)9-7-20;/h3-9,13,19H,10-12,14-18H2,1-2H3,(H2,24,26,27);1H. The fourth-order valence-corrected chi connectivity index (χ4v) is 3.65. The van der Waals surface area contributed by atoms with E-state index in [9.17, 15) is 0 Å². The van der Waals surface area contributed by atoms with Crippen molar-refractivity contribution in [2.24, 2.45) is 10.9 Å². The minimum absolute atomic E-state index is 0. The van der Waals surface area contributed by atoms with Crippen LogP contribution in [0.3, 0.4) is 0 Å². The summed E-state index contributed by atoms with van der Waals surface area (Å²) < 4.78 is 5.24. The Labute approximate surface area is 197 Å². The van der Waals surface area contributed by atoms with Gasteiger partial charge in [-0.2, -0.15) is 0 Å². The van der Waals surface area contributed by atoms with Crippen LogP contribution in [0.2, 0.25) is 0 Å². The SMILES string of the molecule is CN=C(NCCc1ccccn1)NCC1CCN(Cc2ccc(OC)cc2)CC1.I. The molecule has 0 radical (unpaired) electrons. The van der Waals surface area contributed by atoms with Crippen LogP contribution >= 0.6 is 24.0 Å². The quantitative estimate of drug-likeness (QED) is 0.316. The van der Waals surface area contributed by atoms with Crippen LogP contribution in [0, 0.1) is 5.92 Å². The zero-order chi connectivity index (χ0) is 20.3. The summed E-state index contributed by atoms with van der Waals surface area (Å²) in [5.41, 5.74) is 2.44. The second kappa shape index (κ2) is 13.4. The third-order valence-corrected chi connectivity index (χ3v) is 5.45. The van der Waals surface area contributed by atoms with Crippen LogP contribution in [0.15, 0.2) is 53.7 Å². The summed E-state index contributed by atoms with van der Waals surface area (Å²) in [6, 6.07) is 14.4. The highest BCUT2D eigenvalue weighted by molar-refractivity contribution is 14.0. The van der Waals surface area contributed by atoms with E-state index >= 15 is 0 Å². The lowest BCUT2D eigenvalue weighted by atomic mass is 9.96. The van der Waals surface area contributed by atoms with Crippen molar-refractivity contribution >= 4 is 29.9 Å². The second-order valence-corrected chi connectivity index (χ2v) is 7.52. The van der Waals surface area contributed by atoms with Gasteiger partial charge in [-0.05, 0) is 61.7 Å². The first-order valence-electron chi connectivity index (χ1n) is 10.5. The van der Waals surface area contributed by atoms with Gasteiger partial charge in [0.1, 0.15) is 5.75 Å². The zero-order valence-corrected chi connectivity index (χ0v) is 20.3. The van der Waals surface area contributed by atoms with E-state index in [2.05, 4.69) is 43.7 Å². The van der Waals surface area contributed by atoms with E-state index < -0.39 is 0 Å². The van der Waals surface area contributed by atoms with Crippen molar-refractivity contribution in [2.75, 3.05) is 40.3 Å². The number of nitrogens with zero attached hydrogens (tertiary/aromatic N) is 3. The number of hydrogen-bond donors (Lipinski definition) is 2. The molecule has 2 N–H and O–H groups in total. The minimum atomic E-state index is 0. The number of piperidine rings is 1. The summed E-state index contributed by atoms with van der Waals surface area (Å²) in [6.45, 7) is 5.10. The van der Waals surface area contributed by atoms with E-state index in [1.54, 1.807) is 7.11 Å².